The molecule has 4 rings (SSSR count). The van der Waals surface area contributed by atoms with Crippen LogP contribution in [-0.2, 0) is 20.8 Å². The number of hydrogen-bond donors (Lipinski definition) is 7. The summed E-state index contributed by atoms with van der Waals surface area (Å²) in [6.45, 7) is 0. The molecule has 0 bridgehead atoms. The van der Waals surface area contributed by atoms with Gasteiger partial charge in [-0.3, -0.25) is 29.4 Å². The van der Waals surface area contributed by atoms with Crippen molar-refractivity contribution < 1.29 is 44.4 Å². The van der Waals surface area contributed by atoms with Crippen LogP contribution in [0.25, 0.3) is 0 Å². The van der Waals surface area contributed by atoms with E-state index >= 15 is 0 Å². The third-order valence-electron chi connectivity index (χ3n) is 7.81. The molecule has 1 aromatic rings. The summed E-state index contributed by atoms with van der Waals surface area (Å²) in [5.74, 6) is -9.09. The normalized spacial score (nSPS) is 25.4. The van der Waals surface area contributed by atoms with Crippen LogP contribution < -0.4 is 21.3 Å². The lowest BCUT2D eigenvalue weighted by molar-refractivity contribution is -0.136. The average molecular weight is 592 g/mol. The Kier molecular flexibility index (Phi) is 7.54. The first-order valence-corrected chi connectivity index (χ1v) is 13.0. The third kappa shape index (κ3) is 4.47. The zero-order chi connectivity index (χ0) is 30.7. The second-order valence-electron chi connectivity index (χ2n) is 10.6. The molecule has 3 aliphatic carbocycles. The van der Waals surface area contributed by atoms with Crippen molar-refractivity contribution in [3.8, 4) is 5.75 Å². The number of allylic oxidation sites excluding steroid dienone is 1. The summed E-state index contributed by atoms with van der Waals surface area (Å²) < 4.78 is 0. The number of benzene rings is 1. The Balaban J connectivity index is 1.93. The number of phenols is 1. The maximum absolute atomic E-state index is 14.0. The molecule has 3 aliphatic rings. The standard InChI is InChI=1S/C26H30ClN5O9/c1-31(2)13-7-12(29-25(40)30-14(33)8-27)19(34)16-10(13)5-9-6-11-18(32(3)4)21(36)17(24(28)39)23(38)26(11,41)22(37)15(9)20(16)35/h7,9,11,18,34,37-38,41H,5-6,8H2,1-4H3,(H2,28,39)(H2,29,30,33,40)/t9-,11-,18-,26-/m0/s1. The number of nitrogens with zero attached hydrogens (tertiary/aromatic N) is 2. The number of amides is 4. The zero-order valence-electron chi connectivity index (χ0n) is 22.6. The highest BCUT2D eigenvalue weighted by Crippen LogP contribution is 2.54. The fraction of sp³-hybridized carbons (Fsp3) is 0.423. The number of imide groups is 1. The van der Waals surface area contributed by atoms with Gasteiger partial charge < -0.3 is 36.4 Å². The Morgan fingerprint density at radius 1 is 1.12 bits per heavy atom. The summed E-state index contributed by atoms with van der Waals surface area (Å²) >= 11 is 5.41. The number of Topliss-reactive ketones (excluding diaryl/α,β-unsaturated/α-hetero) is 2. The van der Waals surface area contributed by atoms with E-state index in [1.807, 2.05) is 5.32 Å². The van der Waals surface area contributed by atoms with Crippen molar-refractivity contribution in [2.45, 2.75) is 24.5 Å². The number of carbonyl (C=O) groups is 5. The molecular formula is C26H30ClN5O9. The van der Waals surface area contributed by atoms with E-state index in [9.17, 15) is 44.4 Å². The predicted octanol–water partition coefficient (Wildman–Crippen LogP) is 0.0735. The summed E-state index contributed by atoms with van der Waals surface area (Å²) in [5.41, 5.74) is 1.68. The van der Waals surface area contributed by atoms with E-state index in [4.69, 9.17) is 17.3 Å². The Labute approximate surface area is 239 Å². The Bertz CT molecular complexity index is 1470. The van der Waals surface area contributed by atoms with Gasteiger partial charge in [-0.05, 0) is 44.5 Å². The number of fused-ring (bicyclic) bond motifs is 3. The van der Waals surface area contributed by atoms with E-state index in [1.165, 1.54) is 25.1 Å². The highest BCUT2D eigenvalue weighted by molar-refractivity contribution is 6.28. The number of anilines is 2. The Morgan fingerprint density at radius 2 is 1.76 bits per heavy atom. The zero-order valence-corrected chi connectivity index (χ0v) is 23.4. The van der Waals surface area contributed by atoms with Crippen LogP contribution in [0.5, 0.6) is 5.75 Å². The van der Waals surface area contributed by atoms with E-state index < -0.39 is 81.6 Å². The quantitative estimate of drug-likeness (QED) is 0.138. The van der Waals surface area contributed by atoms with Crippen LogP contribution in [0.4, 0.5) is 16.2 Å². The van der Waals surface area contributed by atoms with Crippen LogP contribution in [0.1, 0.15) is 22.3 Å². The minimum atomic E-state index is -2.70. The van der Waals surface area contributed by atoms with Gasteiger partial charge in [-0.1, -0.05) is 0 Å². The molecule has 0 saturated heterocycles. The summed E-state index contributed by atoms with van der Waals surface area (Å²) in [4.78, 5) is 66.1. The number of hydrogen-bond acceptors (Lipinski definition) is 11. The van der Waals surface area contributed by atoms with Crippen molar-refractivity contribution in [1.82, 2.24) is 10.2 Å². The molecule has 0 spiro atoms. The first kappa shape index (κ1) is 29.8. The molecule has 4 amide bonds. The second kappa shape index (κ2) is 10.4. The number of rotatable bonds is 5. The Morgan fingerprint density at radius 3 is 2.29 bits per heavy atom. The fourth-order valence-electron chi connectivity index (χ4n) is 6.10. The van der Waals surface area contributed by atoms with Gasteiger partial charge in [0.2, 0.25) is 5.91 Å². The number of carbonyl (C=O) groups excluding carboxylic acids is 5. The molecule has 14 nitrogen and oxygen atoms in total. The number of likely N-dealkylation sites (N-methyl/N-ethyl adjacent to an activating group) is 1. The number of primary amides is 1. The molecule has 0 unspecified atom stereocenters. The summed E-state index contributed by atoms with van der Waals surface area (Å²) in [6.07, 6.45) is -0.00480. The molecular weight excluding hydrogens is 562 g/mol. The first-order valence-electron chi connectivity index (χ1n) is 12.5. The number of halogens is 1. The van der Waals surface area contributed by atoms with Gasteiger partial charge in [0.25, 0.3) is 5.91 Å². The smallest absolute Gasteiger partial charge is 0.326 e. The maximum Gasteiger partial charge on any atom is 0.326 e. The molecule has 41 heavy (non-hydrogen) atoms. The fourth-order valence-corrected chi connectivity index (χ4v) is 6.17. The van der Waals surface area contributed by atoms with Crippen LogP contribution in [0.3, 0.4) is 0 Å². The van der Waals surface area contributed by atoms with Gasteiger partial charge in [-0.2, -0.15) is 0 Å². The van der Waals surface area contributed by atoms with Crippen LogP contribution in [0, 0.1) is 11.8 Å². The van der Waals surface area contributed by atoms with Crippen molar-refractivity contribution in [3.63, 3.8) is 0 Å². The Hall–Kier alpha value is -4.14. The molecule has 8 N–H and O–H groups in total. The molecule has 0 fully saturated rings. The summed E-state index contributed by atoms with van der Waals surface area (Å²) in [5, 5.41) is 49.5. The van der Waals surface area contributed by atoms with Gasteiger partial charge in [0.15, 0.2) is 22.9 Å². The lowest BCUT2D eigenvalue weighted by Gasteiger charge is -2.50. The number of nitrogens with two attached hydrogens (primary N) is 1. The predicted molar refractivity (Wildman–Crippen MR) is 146 cm³/mol. The monoisotopic (exact) mass is 591 g/mol. The number of nitrogens with one attached hydrogen (secondary N) is 2. The van der Waals surface area contributed by atoms with Gasteiger partial charge in [-0.25, -0.2) is 4.79 Å². The van der Waals surface area contributed by atoms with Crippen molar-refractivity contribution in [1.29, 1.82) is 0 Å². The van der Waals surface area contributed by atoms with Gasteiger partial charge in [0.1, 0.15) is 23.0 Å². The van der Waals surface area contributed by atoms with E-state index in [1.54, 1.807) is 19.0 Å². The highest BCUT2D eigenvalue weighted by atomic mass is 35.5. The largest absolute Gasteiger partial charge is 0.508 e. The average Bonchev–Trinajstić information content (AvgIpc) is 2.87. The number of aliphatic hydroxyl groups excluding tert-OH is 2. The molecule has 0 saturated carbocycles. The lowest BCUT2D eigenvalue weighted by Crippen LogP contribution is -2.62. The van der Waals surface area contributed by atoms with Crippen LogP contribution >= 0.6 is 11.6 Å². The molecule has 15 heteroatoms. The van der Waals surface area contributed by atoms with Crippen LogP contribution in [-0.4, -0.2) is 100 Å². The number of ketones is 2. The van der Waals surface area contributed by atoms with Crippen LogP contribution in [0.15, 0.2) is 28.7 Å². The van der Waals surface area contributed by atoms with Crippen LogP contribution in [0.2, 0.25) is 0 Å². The number of phenolic OH excluding ortho intramolecular Hbond substituents is 1. The van der Waals surface area contributed by atoms with Gasteiger partial charge in [0, 0.05) is 31.3 Å². The van der Waals surface area contributed by atoms with E-state index in [0.29, 0.717) is 11.3 Å². The number of aromatic hydroxyl groups is 1. The second-order valence-corrected chi connectivity index (χ2v) is 10.9. The van der Waals surface area contributed by atoms with Gasteiger partial charge in [0.05, 0.1) is 17.3 Å². The first-order chi connectivity index (χ1) is 19.1. The third-order valence-corrected chi connectivity index (χ3v) is 8.05. The minimum Gasteiger partial charge on any atom is -0.508 e. The number of urea groups is 1. The topological polar surface area (TPSA) is 223 Å². The number of alkyl halides is 1. The number of aliphatic hydroxyl groups is 3. The molecule has 0 aliphatic heterocycles. The molecule has 0 heterocycles. The summed E-state index contributed by atoms with van der Waals surface area (Å²) in [7, 11) is 6.37. The van der Waals surface area contributed by atoms with E-state index in [0.717, 1.165) is 0 Å². The maximum atomic E-state index is 14.0. The van der Waals surface area contributed by atoms with Crippen molar-refractivity contribution in [2.75, 3.05) is 44.3 Å². The minimum absolute atomic E-state index is 0.0623. The highest BCUT2D eigenvalue weighted by Gasteiger charge is 2.62. The van der Waals surface area contributed by atoms with E-state index in [-0.39, 0.29) is 29.7 Å². The van der Waals surface area contributed by atoms with Crippen molar-refractivity contribution >= 4 is 52.4 Å². The SMILES string of the molecule is CN(C)c1cc(NC(=O)NC(=O)CCl)c(O)c2c1C[C@H]1C[C@H]3[C@H](N(C)C)C(=O)C(C(N)=O)=C(O)[C@@]3(O)C(O)=C1C2=O. The molecule has 0 aromatic heterocycles. The molecule has 1 aromatic carbocycles. The molecule has 220 valence electrons. The van der Waals surface area contributed by atoms with E-state index in [2.05, 4.69) is 5.32 Å². The lowest BCUT2D eigenvalue weighted by atomic mass is 9.59. The molecule has 4 atom stereocenters. The van der Waals surface area contributed by atoms with Gasteiger partial charge in [-0.15, -0.1) is 11.6 Å². The van der Waals surface area contributed by atoms with Crippen molar-refractivity contribution in [2.24, 2.45) is 17.6 Å². The molecule has 0 radical (unpaired) electrons. The van der Waals surface area contributed by atoms with Crippen molar-refractivity contribution in [3.05, 3.63) is 39.9 Å². The summed E-state index contributed by atoms with van der Waals surface area (Å²) in [6, 6.07) is -0.800. The van der Waals surface area contributed by atoms with Gasteiger partial charge >= 0.3 is 6.03 Å².